The van der Waals surface area contributed by atoms with Crippen LogP contribution in [0, 0.1) is 0 Å². The summed E-state index contributed by atoms with van der Waals surface area (Å²) in [6.07, 6.45) is 1.21. The number of aryl methyl sites for hydroxylation is 2. The van der Waals surface area contributed by atoms with E-state index in [0.717, 1.165) is 41.9 Å². The topological polar surface area (TPSA) is 75.3 Å². The molecule has 0 aromatic heterocycles. The molecule has 6 nitrogen and oxygen atoms in total. The highest BCUT2D eigenvalue weighted by atomic mass is 35.5. The van der Waals surface area contributed by atoms with E-state index in [4.69, 9.17) is 4.74 Å². The van der Waals surface area contributed by atoms with Crippen LogP contribution >= 0.6 is 0 Å². The minimum atomic E-state index is -0.497. The van der Waals surface area contributed by atoms with Crippen molar-refractivity contribution >= 4 is 29.1 Å². The monoisotopic (exact) mass is 403 g/mol. The molecule has 1 aliphatic heterocycles. The van der Waals surface area contributed by atoms with E-state index in [0.29, 0.717) is 18.8 Å². The fourth-order valence-electron chi connectivity index (χ4n) is 3.31. The van der Waals surface area contributed by atoms with Gasteiger partial charge in [0.1, 0.15) is 0 Å². The Balaban J connectivity index is 0.00000280. The number of rotatable bonds is 5. The first-order valence-corrected chi connectivity index (χ1v) is 9.43. The molecule has 0 atom stereocenters. The Hall–Kier alpha value is -2.57. The first kappa shape index (κ1) is 21.7. The lowest BCUT2D eigenvalue weighted by atomic mass is 10.0. The number of ether oxygens (including phenoxy) is 1. The number of amides is 2. The number of hydrogen-bond donors (Lipinski definition) is 2. The number of halogens is 1. The van der Waals surface area contributed by atoms with Crippen LogP contribution in [0.5, 0.6) is 0 Å². The van der Waals surface area contributed by atoms with E-state index < -0.39 is 6.09 Å². The van der Waals surface area contributed by atoms with E-state index in [2.05, 4.69) is 11.4 Å². The summed E-state index contributed by atoms with van der Waals surface area (Å²) in [6.45, 7) is 5.32. The van der Waals surface area contributed by atoms with E-state index in [1.165, 1.54) is 0 Å². The molecule has 0 fully saturated rings. The molecule has 0 unspecified atom stereocenters. The van der Waals surface area contributed by atoms with Gasteiger partial charge in [-0.3, -0.25) is 15.0 Å². The summed E-state index contributed by atoms with van der Waals surface area (Å²) in [5, 5.41) is 4.72. The molecule has 0 radical (unpaired) electrons. The number of nitrogens with zero attached hydrogens (tertiary/aromatic N) is 1. The number of hydrogen-bond acceptors (Lipinski definition) is 3. The molecule has 3 N–H and O–H groups in total. The summed E-state index contributed by atoms with van der Waals surface area (Å²) in [5.41, 5.74) is 4.59. The van der Waals surface area contributed by atoms with Crippen molar-refractivity contribution in [3.63, 3.8) is 0 Å². The predicted octanol–water partition coefficient (Wildman–Crippen LogP) is -0.394. The van der Waals surface area contributed by atoms with Crippen LogP contribution < -0.4 is 27.9 Å². The number of quaternary nitrogens is 1. The molecule has 0 bridgehead atoms. The van der Waals surface area contributed by atoms with E-state index in [1.54, 1.807) is 11.8 Å². The minimum Gasteiger partial charge on any atom is -1.00 e. The van der Waals surface area contributed by atoms with Gasteiger partial charge in [-0.05, 0) is 56.0 Å². The van der Waals surface area contributed by atoms with Gasteiger partial charge in [-0.1, -0.05) is 24.3 Å². The zero-order valence-corrected chi connectivity index (χ0v) is 17.0. The second-order valence-electron chi connectivity index (χ2n) is 6.45. The van der Waals surface area contributed by atoms with Gasteiger partial charge in [0, 0.05) is 5.69 Å². The molecule has 0 aliphatic carbocycles. The van der Waals surface area contributed by atoms with Gasteiger partial charge in [0.2, 0.25) is 0 Å². The second kappa shape index (κ2) is 10.1. The minimum absolute atomic E-state index is 0. The van der Waals surface area contributed by atoms with Crippen molar-refractivity contribution < 1.29 is 32.0 Å². The van der Waals surface area contributed by atoms with Gasteiger partial charge >= 0.3 is 6.09 Å². The molecule has 1 heterocycles. The molecule has 0 spiro atoms. The molecule has 2 aromatic rings. The Labute approximate surface area is 171 Å². The fourth-order valence-corrected chi connectivity index (χ4v) is 3.31. The third-order valence-electron chi connectivity index (χ3n) is 4.60. The Kier molecular flexibility index (Phi) is 7.84. The van der Waals surface area contributed by atoms with Gasteiger partial charge in [0.05, 0.1) is 24.5 Å². The van der Waals surface area contributed by atoms with Crippen molar-refractivity contribution in [2.45, 2.75) is 26.7 Å². The van der Waals surface area contributed by atoms with Crippen LogP contribution in [0.1, 0.15) is 25.0 Å². The maximum Gasteiger partial charge on any atom is 0.411 e. The van der Waals surface area contributed by atoms with Crippen molar-refractivity contribution in [3.05, 3.63) is 53.6 Å². The summed E-state index contributed by atoms with van der Waals surface area (Å²) < 4.78 is 4.96. The number of carbonyl (C=O) groups excluding carboxylic acids is 2. The predicted molar refractivity (Wildman–Crippen MR) is 105 cm³/mol. The van der Waals surface area contributed by atoms with Gasteiger partial charge in [0.15, 0.2) is 6.54 Å². The van der Waals surface area contributed by atoms with E-state index in [1.807, 2.05) is 48.6 Å². The number of para-hydroxylation sites is 1. The molecule has 2 aromatic carbocycles. The number of carbonyl (C=O) groups is 2. The third-order valence-corrected chi connectivity index (χ3v) is 4.60. The molecule has 7 heteroatoms. The summed E-state index contributed by atoms with van der Waals surface area (Å²) in [6, 6.07) is 13.7. The molecule has 150 valence electrons. The smallest absolute Gasteiger partial charge is 0.411 e. The van der Waals surface area contributed by atoms with Gasteiger partial charge in [-0.15, -0.1) is 0 Å². The highest BCUT2D eigenvalue weighted by Crippen LogP contribution is 2.37. The molecule has 1 aliphatic rings. The number of benzene rings is 2. The number of anilines is 3. The van der Waals surface area contributed by atoms with E-state index in [-0.39, 0.29) is 18.3 Å². The molecular weight excluding hydrogens is 378 g/mol. The Bertz CT molecular complexity index is 841. The highest BCUT2D eigenvalue weighted by molar-refractivity contribution is 6.03. The van der Waals surface area contributed by atoms with Crippen LogP contribution in [0.25, 0.3) is 0 Å². The molecule has 0 saturated carbocycles. The zero-order chi connectivity index (χ0) is 19.2. The van der Waals surface area contributed by atoms with Gasteiger partial charge in [0.25, 0.3) is 5.91 Å². The molecule has 28 heavy (non-hydrogen) atoms. The van der Waals surface area contributed by atoms with Crippen molar-refractivity contribution in [3.8, 4) is 0 Å². The van der Waals surface area contributed by atoms with Crippen molar-refractivity contribution in [1.82, 2.24) is 0 Å². The molecule has 0 saturated heterocycles. The average molecular weight is 404 g/mol. The number of fused-ring (bicyclic) bond motifs is 2. The molecule has 3 rings (SSSR count). The Morgan fingerprint density at radius 3 is 2.50 bits per heavy atom. The SMILES string of the molecule is CC[NH2+]CC(=O)N1c2ccccc2CCc2ccc(NC(=O)OCC)cc21.[Cl-]. The van der Waals surface area contributed by atoms with Crippen LogP contribution in [0.2, 0.25) is 0 Å². The standard InChI is InChI=1S/C21H25N3O3.ClH/c1-3-22-14-20(25)24-18-8-6-5-7-15(18)9-10-16-11-12-17(13-19(16)24)23-21(26)27-4-2;/h5-8,11-13,22H,3-4,9-10,14H2,1-2H3,(H,23,26);1H. The largest absolute Gasteiger partial charge is 1.00 e. The zero-order valence-electron chi connectivity index (χ0n) is 16.2. The normalized spacial score (nSPS) is 12.1. The Morgan fingerprint density at radius 1 is 1.07 bits per heavy atom. The number of likely N-dealkylation sites (N-methyl/N-ethyl adjacent to an activating group) is 1. The van der Waals surface area contributed by atoms with Crippen LogP contribution in [0.3, 0.4) is 0 Å². The van der Waals surface area contributed by atoms with Gasteiger partial charge < -0.3 is 22.5 Å². The second-order valence-corrected chi connectivity index (χ2v) is 6.45. The van der Waals surface area contributed by atoms with Crippen LogP contribution in [-0.4, -0.2) is 31.7 Å². The van der Waals surface area contributed by atoms with E-state index in [9.17, 15) is 9.59 Å². The van der Waals surface area contributed by atoms with Crippen molar-refractivity contribution in [2.75, 3.05) is 29.9 Å². The maximum absolute atomic E-state index is 13.1. The first-order chi connectivity index (χ1) is 13.1. The molecular formula is C21H26ClN3O3. The average Bonchev–Trinajstić information content (AvgIpc) is 2.83. The van der Waals surface area contributed by atoms with Crippen LogP contribution in [-0.2, 0) is 22.4 Å². The molecule has 2 amide bonds. The summed E-state index contributed by atoms with van der Waals surface area (Å²) in [4.78, 5) is 26.6. The lowest BCUT2D eigenvalue weighted by Gasteiger charge is -2.25. The maximum atomic E-state index is 13.1. The van der Waals surface area contributed by atoms with E-state index >= 15 is 0 Å². The first-order valence-electron chi connectivity index (χ1n) is 9.43. The highest BCUT2D eigenvalue weighted by Gasteiger charge is 2.26. The lowest BCUT2D eigenvalue weighted by molar-refractivity contribution is -0.640. The summed E-state index contributed by atoms with van der Waals surface area (Å²) in [5.74, 6) is 0.0285. The number of nitrogens with one attached hydrogen (secondary N) is 1. The summed E-state index contributed by atoms with van der Waals surface area (Å²) in [7, 11) is 0. The Morgan fingerprint density at radius 2 is 1.79 bits per heavy atom. The third kappa shape index (κ3) is 4.82. The van der Waals surface area contributed by atoms with Gasteiger partial charge in [-0.2, -0.15) is 0 Å². The fraction of sp³-hybridized carbons (Fsp3) is 0.333. The van der Waals surface area contributed by atoms with Crippen LogP contribution in [0.15, 0.2) is 42.5 Å². The van der Waals surface area contributed by atoms with Crippen LogP contribution in [0.4, 0.5) is 21.9 Å². The van der Waals surface area contributed by atoms with Crippen molar-refractivity contribution in [2.24, 2.45) is 0 Å². The quantitative estimate of drug-likeness (QED) is 0.713. The van der Waals surface area contributed by atoms with Crippen molar-refractivity contribution in [1.29, 1.82) is 0 Å². The lowest BCUT2D eigenvalue weighted by Crippen LogP contribution is -3.00. The number of nitrogens with two attached hydrogens (primary N) is 1. The van der Waals surface area contributed by atoms with Gasteiger partial charge in [-0.25, -0.2) is 4.79 Å². The summed E-state index contributed by atoms with van der Waals surface area (Å²) >= 11 is 0.